The Morgan fingerprint density at radius 2 is 1.79 bits per heavy atom. The molecule has 5 nitrogen and oxygen atoms in total. The van der Waals surface area contributed by atoms with Gasteiger partial charge < -0.3 is 15.0 Å². The summed E-state index contributed by atoms with van der Waals surface area (Å²) in [5.41, 5.74) is 3.22. The monoisotopic (exact) mass is 374 g/mol. The molecule has 4 rings (SSSR count). The lowest BCUT2D eigenvalue weighted by atomic mass is 10.2. The van der Waals surface area contributed by atoms with Crippen LogP contribution in [0, 0.1) is 6.92 Å². The van der Waals surface area contributed by atoms with E-state index in [-0.39, 0.29) is 6.10 Å². The minimum atomic E-state index is 0.272. The van der Waals surface area contributed by atoms with Gasteiger partial charge in [-0.2, -0.15) is 4.98 Å². The summed E-state index contributed by atoms with van der Waals surface area (Å²) in [6, 6.07) is 22.7. The smallest absolute Gasteiger partial charge is 0.232 e. The Balaban J connectivity index is 1.61. The van der Waals surface area contributed by atoms with Gasteiger partial charge in [0, 0.05) is 30.6 Å². The van der Waals surface area contributed by atoms with Crippen molar-refractivity contribution in [1.82, 2.24) is 9.97 Å². The number of hydrogen-bond donors (Lipinski definition) is 1. The summed E-state index contributed by atoms with van der Waals surface area (Å²) in [6.07, 6.45) is 2.51. The van der Waals surface area contributed by atoms with Crippen molar-refractivity contribution in [2.75, 3.05) is 23.4 Å². The number of nitrogens with one attached hydrogen (secondary N) is 1. The first kappa shape index (κ1) is 18.4. The van der Waals surface area contributed by atoms with E-state index in [9.17, 15) is 0 Å². The zero-order chi connectivity index (χ0) is 19.2. The number of nitrogens with zero attached hydrogens (tertiary/aromatic N) is 3. The van der Waals surface area contributed by atoms with Crippen molar-refractivity contribution in [2.45, 2.75) is 32.4 Å². The molecule has 1 saturated heterocycles. The molecule has 1 aliphatic heterocycles. The molecule has 2 aromatic carbocycles. The maximum absolute atomic E-state index is 5.71. The molecule has 0 bridgehead atoms. The predicted octanol–water partition coefficient (Wildman–Crippen LogP) is 4.71. The summed E-state index contributed by atoms with van der Waals surface area (Å²) in [5, 5.41) is 3.44. The van der Waals surface area contributed by atoms with Gasteiger partial charge in [-0.25, -0.2) is 4.98 Å². The van der Waals surface area contributed by atoms with Gasteiger partial charge in [-0.3, -0.25) is 0 Å². The van der Waals surface area contributed by atoms with Crippen molar-refractivity contribution in [3.8, 4) is 0 Å². The van der Waals surface area contributed by atoms with Gasteiger partial charge in [0.25, 0.3) is 0 Å². The Morgan fingerprint density at radius 1 is 1.04 bits per heavy atom. The van der Waals surface area contributed by atoms with Crippen LogP contribution >= 0.6 is 0 Å². The molecule has 5 heteroatoms. The average molecular weight is 374 g/mol. The highest BCUT2D eigenvalue weighted by molar-refractivity contribution is 5.59. The first-order valence-electron chi connectivity index (χ1n) is 9.85. The number of anilines is 3. The zero-order valence-electron chi connectivity index (χ0n) is 16.2. The number of rotatable bonds is 7. The summed E-state index contributed by atoms with van der Waals surface area (Å²) >= 11 is 0. The second-order valence-electron chi connectivity index (χ2n) is 7.12. The van der Waals surface area contributed by atoms with Gasteiger partial charge in [0.15, 0.2) is 0 Å². The van der Waals surface area contributed by atoms with Gasteiger partial charge in [-0.05, 0) is 37.5 Å². The highest BCUT2D eigenvalue weighted by Crippen LogP contribution is 2.26. The van der Waals surface area contributed by atoms with Crippen LogP contribution in [0.1, 0.15) is 24.1 Å². The normalized spacial score (nSPS) is 16.1. The maximum Gasteiger partial charge on any atom is 0.232 e. The lowest BCUT2D eigenvalue weighted by Gasteiger charge is -2.24. The van der Waals surface area contributed by atoms with E-state index in [0.29, 0.717) is 12.5 Å². The van der Waals surface area contributed by atoms with E-state index in [1.807, 2.05) is 37.3 Å². The number of hydrogen-bond acceptors (Lipinski definition) is 5. The quantitative estimate of drug-likeness (QED) is 0.649. The molecule has 1 aliphatic rings. The van der Waals surface area contributed by atoms with Gasteiger partial charge >= 0.3 is 0 Å². The van der Waals surface area contributed by atoms with Crippen LogP contribution in [0.5, 0.6) is 0 Å². The molecular weight excluding hydrogens is 348 g/mol. The zero-order valence-corrected chi connectivity index (χ0v) is 16.2. The molecule has 0 aliphatic carbocycles. The van der Waals surface area contributed by atoms with Crippen molar-refractivity contribution in [2.24, 2.45) is 0 Å². The summed E-state index contributed by atoms with van der Waals surface area (Å²) in [7, 11) is 0. The summed E-state index contributed by atoms with van der Waals surface area (Å²) in [4.78, 5) is 11.7. The minimum absolute atomic E-state index is 0.272. The van der Waals surface area contributed by atoms with Gasteiger partial charge in [0.2, 0.25) is 5.95 Å². The molecule has 0 spiro atoms. The van der Waals surface area contributed by atoms with Crippen molar-refractivity contribution in [3.05, 3.63) is 78.0 Å². The molecule has 0 radical (unpaired) electrons. The van der Waals surface area contributed by atoms with Crippen LogP contribution < -0.4 is 10.2 Å². The summed E-state index contributed by atoms with van der Waals surface area (Å²) in [5.74, 6) is 1.54. The van der Waals surface area contributed by atoms with E-state index in [1.165, 1.54) is 5.56 Å². The third kappa shape index (κ3) is 4.67. The molecule has 3 aromatic rings. The van der Waals surface area contributed by atoms with Crippen molar-refractivity contribution >= 4 is 17.5 Å². The first-order valence-corrected chi connectivity index (χ1v) is 9.85. The fourth-order valence-corrected chi connectivity index (χ4v) is 3.44. The molecule has 1 unspecified atom stereocenters. The maximum atomic E-state index is 5.71. The van der Waals surface area contributed by atoms with Crippen LogP contribution in [0.3, 0.4) is 0 Å². The Bertz CT molecular complexity index is 880. The van der Waals surface area contributed by atoms with Crippen LogP contribution in [0.2, 0.25) is 0 Å². The third-order valence-corrected chi connectivity index (χ3v) is 4.87. The van der Waals surface area contributed by atoms with Gasteiger partial charge in [0.1, 0.15) is 5.82 Å². The first-order chi connectivity index (χ1) is 13.8. The van der Waals surface area contributed by atoms with Crippen LogP contribution in [0.4, 0.5) is 17.5 Å². The van der Waals surface area contributed by atoms with Gasteiger partial charge in [-0.1, -0.05) is 48.5 Å². The third-order valence-electron chi connectivity index (χ3n) is 4.87. The van der Waals surface area contributed by atoms with E-state index in [4.69, 9.17) is 14.7 Å². The molecule has 1 fully saturated rings. The Kier molecular flexibility index (Phi) is 5.83. The van der Waals surface area contributed by atoms with Crippen molar-refractivity contribution < 1.29 is 4.74 Å². The van der Waals surface area contributed by atoms with Crippen molar-refractivity contribution in [1.29, 1.82) is 0 Å². The van der Waals surface area contributed by atoms with E-state index in [1.54, 1.807) is 0 Å². The Hall–Kier alpha value is -2.92. The number of benzene rings is 2. The van der Waals surface area contributed by atoms with Crippen LogP contribution in [0.25, 0.3) is 0 Å². The fourth-order valence-electron chi connectivity index (χ4n) is 3.44. The van der Waals surface area contributed by atoms with E-state index in [0.717, 1.165) is 43.2 Å². The highest BCUT2D eigenvalue weighted by Gasteiger charge is 2.17. The Labute approximate surface area is 166 Å². The standard InChI is InChI=1S/C23H26N4O/c1-18-15-22(24-16-21-13-8-14-28-21)26-23(25-18)27(20-11-6-3-7-12-20)17-19-9-4-2-5-10-19/h2-7,9-12,15,21H,8,13-14,16-17H2,1H3,(H,24,25,26). The van der Waals surface area contributed by atoms with Crippen LogP contribution in [-0.2, 0) is 11.3 Å². The molecule has 28 heavy (non-hydrogen) atoms. The highest BCUT2D eigenvalue weighted by atomic mass is 16.5. The molecule has 0 saturated carbocycles. The molecule has 1 N–H and O–H groups in total. The van der Waals surface area contributed by atoms with Crippen molar-refractivity contribution in [3.63, 3.8) is 0 Å². The van der Waals surface area contributed by atoms with E-state index >= 15 is 0 Å². The van der Waals surface area contributed by atoms with Crippen LogP contribution in [0.15, 0.2) is 66.7 Å². The lowest BCUT2D eigenvalue weighted by molar-refractivity contribution is 0.120. The molecule has 2 heterocycles. The van der Waals surface area contributed by atoms with E-state index < -0.39 is 0 Å². The summed E-state index contributed by atoms with van der Waals surface area (Å²) in [6.45, 7) is 4.35. The Morgan fingerprint density at radius 3 is 2.50 bits per heavy atom. The van der Waals surface area contributed by atoms with Crippen LogP contribution in [-0.4, -0.2) is 29.2 Å². The summed E-state index contributed by atoms with van der Waals surface area (Å²) < 4.78 is 5.71. The number of ether oxygens (including phenoxy) is 1. The van der Waals surface area contributed by atoms with Gasteiger partial charge in [0.05, 0.1) is 12.6 Å². The number of aryl methyl sites for hydroxylation is 1. The molecule has 0 amide bonds. The molecular formula is C23H26N4O. The van der Waals surface area contributed by atoms with Gasteiger partial charge in [-0.15, -0.1) is 0 Å². The topological polar surface area (TPSA) is 50.3 Å². The lowest BCUT2D eigenvalue weighted by Crippen LogP contribution is -2.22. The largest absolute Gasteiger partial charge is 0.376 e. The fraction of sp³-hybridized carbons (Fsp3) is 0.304. The molecule has 1 aromatic heterocycles. The predicted molar refractivity (Wildman–Crippen MR) is 113 cm³/mol. The second-order valence-corrected chi connectivity index (χ2v) is 7.12. The number of aromatic nitrogens is 2. The molecule has 1 atom stereocenters. The molecule has 144 valence electrons. The van der Waals surface area contributed by atoms with E-state index in [2.05, 4.69) is 46.6 Å². The minimum Gasteiger partial charge on any atom is -0.376 e. The SMILES string of the molecule is Cc1cc(NCC2CCCO2)nc(N(Cc2ccccc2)c2ccccc2)n1. The average Bonchev–Trinajstić information content (AvgIpc) is 3.25. The number of para-hydroxylation sites is 1. The second kappa shape index (κ2) is 8.85.